The predicted molar refractivity (Wildman–Crippen MR) is 35.0 cm³/mol. The minimum Gasteiger partial charge on any atom is -0.368 e. The Morgan fingerprint density at radius 2 is 2.00 bits per heavy atom. The van der Waals surface area contributed by atoms with E-state index in [0.29, 0.717) is 5.92 Å². The van der Waals surface area contributed by atoms with E-state index >= 15 is 0 Å². The van der Waals surface area contributed by atoms with Crippen LogP contribution in [0.1, 0.15) is 26.7 Å². The largest absolute Gasteiger partial charge is 0.368 e. The summed E-state index contributed by atoms with van der Waals surface area (Å²) in [5, 5.41) is 9.03. The lowest BCUT2D eigenvalue weighted by Crippen LogP contribution is -2.29. The van der Waals surface area contributed by atoms with Gasteiger partial charge in [0.2, 0.25) is 0 Å². The van der Waals surface area contributed by atoms with Crippen molar-refractivity contribution >= 4 is 0 Å². The normalized spacial score (nSPS) is 45.0. The van der Waals surface area contributed by atoms with E-state index in [1.165, 1.54) is 0 Å². The molecule has 0 saturated carbocycles. The number of ether oxygens (including phenoxy) is 1. The molecule has 0 aliphatic carbocycles. The van der Waals surface area contributed by atoms with Gasteiger partial charge in [-0.1, -0.05) is 6.92 Å². The van der Waals surface area contributed by atoms with Crippen molar-refractivity contribution in [2.24, 2.45) is 5.92 Å². The van der Waals surface area contributed by atoms with Crippen molar-refractivity contribution in [2.75, 3.05) is 0 Å². The molecule has 0 amide bonds. The van der Waals surface area contributed by atoms with Crippen molar-refractivity contribution in [3.63, 3.8) is 0 Å². The van der Waals surface area contributed by atoms with Crippen LogP contribution in [-0.4, -0.2) is 17.5 Å². The quantitative estimate of drug-likeness (QED) is 0.533. The summed E-state index contributed by atoms with van der Waals surface area (Å²) in [6.45, 7) is 4.14. The lowest BCUT2D eigenvalue weighted by Gasteiger charge is -2.28. The molecule has 2 nitrogen and oxygen atoms in total. The average molecular weight is 130 g/mol. The van der Waals surface area contributed by atoms with Crippen LogP contribution in [0, 0.1) is 5.92 Å². The summed E-state index contributed by atoms with van der Waals surface area (Å²) in [4.78, 5) is 0. The maximum absolute atomic E-state index is 9.03. The van der Waals surface area contributed by atoms with Crippen LogP contribution in [0.4, 0.5) is 0 Å². The zero-order valence-corrected chi connectivity index (χ0v) is 6.00. The standard InChI is InChI=1S/C7H14O2/c1-5-3-6(2)9-7(8)4-5/h5-8H,3-4H2,1-2H3/t5-,6?,7?/m1/s1. The minimum absolute atomic E-state index is 0.240. The Balaban J connectivity index is 2.34. The van der Waals surface area contributed by atoms with Crippen LogP contribution < -0.4 is 0 Å². The van der Waals surface area contributed by atoms with Crippen molar-refractivity contribution in [2.45, 2.75) is 39.1 Å². The van der Waals surface area contributed by atoms with E-state index in [0.717, 1.165) is 12.8 Å². The minimum atomic E-state index is -0.510. The summed E-state index contributed by atoms with van der Waals surface area (Å²) in [6.07, 6.45) is 1.61. The first-order valence-electron chi connectivity index (χ1n) is 3.52. The second kappa shape index (κ2) is 2.67. The van der Waals surface area contributed by atoms with E-state index in [9.17, 15) is 0 Å². The monoisotopic (exact) mass is 130 g/mol. The van der Waals surface area contributed by atoms with Gasteiger partial charge in [-0.2, -0.15) is 0 Å². The van der Waals surface area contributed by atoms with Gasteiger partial charge >= 0.3 is 0 Å². The van der Waals surface area contributed by atoms with Gasteiger partial charge in [-0.25, -0.2) is 0 Å². The fraction of sp³-hybridized carbons (Fsp3) is 1.00. The second-order valence-corrected chi connectivity index (χ2v) is 2.98. The summed E-state index contributed by atoms with van der Waals surface area (Å²) < 4.78 is 5.11. The SMILES string of the molecule is CC1C[C@@H](C)CC(O)O1. The van der Waals surface area contributed by atoms with Crippen LogP contribution in [0.3, 0.4) is 0 Å². The molecule has 1 aliphatic heterocycles. The van der Waals surface area contributed by atoms with Crippen molar-refractivity contribution in [1.29, 1.82) is 0 Å². The highest BCUT2D eigenvalue weighted by Gasteiger charge is 2.21. The predicted octanol–water partition coefficient (Wildman–Crippen LogP) is 1.14. The lowest BCUT2D eigenvalue weighted by molar-refractivity contribution is -0.169. The number of hydrogen-bond acceptors (Lipinski definition) is 2. The first kappa shape index (κ1) is 7.03. The molecule has 1 N–H and O–H groups in total. The molecule has 0 aromatic carbocycles. The van der Waals surface area contributed by atoms with Gasteiger partial charge in [0.05, 0.1) is 6.10 Å². The van der Waals surface area contributed by atoms with Crippen molar-refractivity contribution in [3.8, 4) is 0 Å². The van der Waals surface area contributed by atoms with Gasteiger partial charge in [0, 0.05) is 6.42 Å². The highest BCUT2D eigenvalue weighted by atomic mass is 16.6. The second-order valence-electron chi connectivity index (χ2n) is 2.98. The molecule has 1 fully saturated rings. The van der Waals surface area contributed by atoms with Crippen LogP contribution in [0.25, 0.3) is 0 Å². The smallest absolute Gasteiger partial charge is 0.155 e. The van der Waals surface area contributed by atoms with E-state index < -0.39 is 6.29 Å². The molecule has 0 aromatic rings. The molecule has 3 atom stereocenters. The molecule has 0 spiro atoms. The Labute approximate surface area is 55.8 Å². The van der Waals surface area contributed by atoms with Crippen LogP contribution in [-0.2, 0) is 4.74 Å². The highest BCUT2D eigenvalue weighted by Crippen LogP contribution is 2.22. The summed E-state index contributed by atoms with van der Waals surface area (Å²) in [7, 11) is 0. The molecule has 0 aromatic heterocycles. The molecule has 0 bridgehead atoms. The van der Waals surface area contributed by atoms with Crippen molar-refractivity contribution in [3.05, 3.63) is 0 Å². The summed E-state index contributed by atoms with van der Waals surface area (Å²) in [5.74, 6) is 0.615. The fourth-order valence-electron chi connectivity index (χ4n) is 1.39. The van der Waals surface area contributed by atoms with Crippen molar-refractivity contribution in [1.82, 2.24) is 0 Å². The van der Waals surface area contributed by atoms with E-state index in [2.05, 4.69) is 6.92 Å². The molecule has 1 saturated heterocycles. The Morgan fingerprint density at radius 3 is 2.44 bits per heavy atom. The molecule has 0 radical (unpaired) electrons. The third-order valence-corrected chi connectivity index (χ3v) is 1.73. The Morgan fingerprint density at radius 1 is 1.33 bits per heavy atom. The van der Waals surface area contributed by atoms with Crippen molar-refractivity contribution < 1.29 is 9.84 Å². The fourth-order valence-corrected chi connectivity index (χ4v) is 1.39. The topological polar surface area (TPSA) is 29.5 Å². The van der Waals surface area contributed by atoms with Crippen LogP contribution >= 0.6 is 0 Å². The van der Waals surface area contributed by atoms with Gasteiger partial charge in [-0.15, -0.1) is 0 Å². The van der Waals surface area contributed by atoms with E-state index in [1.807, 2.05) is 6.92 Å². The molecule has 1 rings (SSSR count). The van der Waals surface area contributed by atoms with Crippen LogP contribution in [0.2, 0.25) is 0 Å². The summed E-state index contributed by atoms with van der Waals surface area (Å²) in [5.41, 5.74) is 0. The van der Waals surface area contributed by atoms with E-state index in [-0.39, 0.29) is 6.10 Å². The molecule has 1 aliphatic rings. The number of aliphatic hydroxyl groups is 1. The summed E-state index contributed by atoms with van der Waals surface area (Å²) in [6, 6.07) is 0. The molecule has 54 valence electrons. The molecule has 1 heterocycles. The zero-order valence-electron chi connectivity index (χ0n) is 6.00. The number of rotatable bonds is 0. The third-order valence-electron chi connectivity index (χ3n) is 1.73. The zero-order chi connectivity index (χ0) is 6.85. The van der Waals surface area contributed by atoms with Crippen LogP contribution in [0.15, 0.2) is 0 Å². The van der Waals surface area contributed by atoms with Gasteiger partial charge in [0.1, 0.15) is 0 Å². The average Bonchev–Trinajstić information content (AvgIpc) is 1.59. The van der Waals surface area contributed by atoms with Gasteiger partial charge < -0.3 is 9.84 Å². The molecule has 2 heteroatoms. The maximum atomic E-state index is 9.03. The Bertz CT molecular complexity index is 67.9. The Kier molecular flexibility index (Phi) is 2.09. The van der Waals surface area contributed by atoms with Gasteiger partial charge in [0.25, 0.3) is 0 Å². The first-order valence-corrected chi connectivity index (χ1v) is 3.52. The third kappa shape index (κ3) is 1.95. The molecular weight excluding hydrogens is 116 g/mol. The Hall–Kier alpha value is -0.0800. The van der Waals surface area contributed by atoms with E-state index in [4.69, 9.17) is 9.84 Å². The molecule has 2 unspecified atom stereocenters. The molecular formula is C7H14O2. The maximum Gasteiger partial charge on any atom is 0.155 e. The van der Waals surface area contributed by atoms with Crippen LogP contribution in [0.5, 0.6) is 0 Å². The molecule has 9 heavy (non-hydrogen) atoms. The number of aliphatic hydroxyl groups excluding tert-OH is 1. The van der Waals surface area contributed by atoms with Gasteiger partial charge in [-0.3, -0.25) is 0 Å². The highest BCUT2D eigenvalue weighted by molar-refractivity contribution is 4.66. The first-order chi connectivity index (χ1) is 4.18. The van der Waals surface area contributed by atoms with Gasteiger partial charge in [-0.05, 0) is 19.3 Å². The lowest BCUT2D eigenvalue weighted by atomic mass is 9.98. The van der Waals surface area contributed by atoms with Gasteiger partial charge in [0.15, 0.2) is 6.29 Å². The van der Waals surface area contributed by atoms with E-state index in [1.54, 1.807) is 0 Å². The number of hydrogen-bond donors (Lipinski definition) is 1. The summed E-state index contributed by atoms with van der Waals surface area (Å²) >= 11 is 0.